The zero-order chi connectivity index (χ0) is 13.7. The minimum Gasteiger partial charge on any atom is -0.481 e. The van der Waals surface area contributed by atoms with Crippen molar-refractivity contribution in [2.75, 3.05) is 20.6 Å². The van der Waals surface area contributed by atoms with Crippen molar-refractivity contribution in [2.24, 2.45) is 0 Å². The highest BCUT2D eigenvalue weighted by atomic mass is 16.4. The lowest BCUT2D eigenvalue weighted by Gasteiger charge is -2.19. The number of carboxylic acid groups (broad SMARTS) is 1. The van der Waals surface area contributed by atoms with Crippen molar-refractivity contribution in [2.45, 2.75) is 19.4 Å². The molecule has 6 heteroatoms. The summed E-state index contributed by atoms with van der Waals surface area (Å²) in [6, 6.07) is 1.68. The molecule has 0 aliphatic heterocycles. The molecular formula is C12H18N2O4. The number of nitrogens with one attached hydrogen (secondary N) is 1. The van der Waals surface area contributed by atoms with Crippen molar-refractivity contribution < 1.29 is 19.1 Å². The summed E-state index contributed by atoms with van der Waals surface area (Å²) in [4.78, 5) is 24.4. The van der Waals surface area contributed by atoms with Crippen molar-refractivity contribution in [3.05, 3.63) is 23.7 Å². The van der Waals surface area contributed by atoms with Crippen molar-refractivity contribution in [1.29, 1.82) is 0 Å². The number of carbonyl (C=O) groups is 2. The van der Waals surface area contributed by atoms with Gasteiger partial charge < -0.3 is 19.7 Å². The van der Waals surface area contributed by atoms with Gasteiger partial charge in [0.1, 0.15) is 12.2 Å². The summed E-state index contributed by atoms with van der Waals surface area (Å²) in [6.45, 7) is 2.47. The van der Waals surface area contributed by atoms with Gasteiger partial charge in [0.2, 0.25) is 0 Å². The predicted molar refractivity (Wildman–Crippen MR) is 65.5 cm³/mol. The van der Waals surface area contributed by atoms with Crippen LogP contribution in [0.5, 0.6) is 0 Å². The van der Waals surface area contributed by atoms with E-state index in [-0.39, 0.29) is 29.7 Å². The molecule has 1 aromatic rings. The van der Waals surface area contributed by atoms with Gasteiger partial charge in [0.15, 0.2) is 0 Å². The van der Waals surface area contributed by atoms with Gasteiger partial charge in [-0.1, -0.05) is 0 Å². The largest absolute Gasteiger partial charge is 0.481 e. The highest BCUT2D eigenvalue weighted by molar-refractivity contribution is 5.96. The molecule has 100 valence electrons. The van der Waals surface area contributed by atoms with Gasteiger partial charge in [0.05, 0.1) is 11.8 Å². The minimum atomic E-state index is -1.03. The van der Waals surface area contributed by atoms with E-state index in [2.05, 4.69) is 5.32 Å². The Bertz CT molecular complexity index is 425. The molecule has 1 amide bonds. The van der Waals surface area contributed by atoms with Crippen LogP contribution in [0.3, 0.4) is 0 Å². The van der Waals surface area contributed by atoms with E-state index in [9.17, 15) is 9.59 Å². The third-order valence-corrected chi connectivity index (χ3v) is 2.74. The van der Waals surface area contributed by atoms with Gasteiger partial charge in [0.25, 0.3) is 5.91 Å². The lowest BCUT2D eigenvalue weighted by molar-refractivity contribution is -0.136. The van der Waals surface area contributed by atoms with Gasteiger partial charge in [-0.15, -0.1) is 0 Å². The normalized spacial score (nSPS) is 12.4. The fraction of sp³-hybridized carbons (Fsp3) is 0.500. The second-order valence-electron chi connectivity index (χ2n) is 4.35. The molecule has 6 nitrogen and oxygen atoms in total. The van der Waals surface area contributed by atoms with Gasteiger partial charge in [-0.3, -0.25) is 9.59 Å². The molecule has 1 aromatic heterocycles. The highest BCUT2D eigenvalue weighted by Crippen LogP contribution is 2.11. The van der Waals surface area contributed by atoms with Crippen molar-refractivity contribution >= 4 is 11.9 Å². The number of aliphatic carboxylic acids is 1. The van der Waals surface area contributed by atoms with Gasteiger partial charge in [-0.2, -0.15) is 0 Å². The number of rotatable bonds is 6. The number of carbonyl (C=O) groups excluding carboxylic acids is 1. The van der Waals surface area contributed by atoms with Crippen LogP contribution in [0.4, 0.5) is 0 Å². The Balaban J connectivity index is 2.62. The maximum Gasteiger partial charge on any atom is 0.311 e. The van der Waals surface area contributed by atoms with Gasteiger partial charge in [-0.25, -0.2) is 0 Å². The Hall–Kier alpha value is -1.82. The van der Waals surface area contributed by atoms with Crippen molar-refractivity contribution in [3.63, 3.8) is 0 Å². The molecule has 0 aliphatic rings. The Morgan fingerprint density at radius 2 is 2.17 bits per heavy atom. The first kappa shape index (κ1) is 14.2. The molecule has 0 saturated carbocycles. The van der Waals surface area contributed by atoms with Crippen LogP contribution in [0.1, 0.15) is 23.0 Å². The molecule has 2 N–H and O–H groups in total. The monoisotopic (exact) mass is 254 g/mol. The van der Waals surface area contributed by atoms with E-state index in [0.29, 0.717) is 6.54 Å². The zero-order valence-corrected chi connectivity index (χ0v) is 10.8. The molecule has 1 heterocycles. The Labute approximate surface area is 106 Å². The first-order valence-corrected chi connectivity index (χ1v) is 5.64. The quantitative estimate of drug-likeness (QED) is 0.776. The summed E-state index contributed by atoms with van der Waals surface area (Å²) < 4.78 is 5.00. The third kappa shape index (κ3) is 3.89. The predicted octanol–water partition coefficient (Wildman–Crippen LogP) is 0.587. The molecule has 1 rings (SSSR count). The number of nitrogens with zero attached hydrogens (tertiary/aromatic N) is 1. The molecular weight excluding hydrogens is 236 g/mol. The number of carboxylic acids is 1. The van der Waals surface area contributed by atoms with Gasteiger partial charge in [0, 0.05) is 12.6 Å². The molecule has 18 heavy (non-hydrogen) atoms. The topological polar surface area (TPSA) is 82.8 Å². The fourth-order valence-corrected chi connectivity index (χ4v) is 1.34. The maximum absolute atomic E-state index is 11.9. The third-order valence-electron chi connectivity index (χ3n) is 2.74. The number of furan rings is 1. The molecule has 0 aromatic carbocycles. The van der Waals surface area contributed by atoms with Crippen LogP contribution in [0, 0.1) is 0 Å². The average Bonchev–Trinajstić information content (AvgIpc) is 2.72. The SMILES string of the molecule is CC(CNC(=O)c1ccoc1CC(=O)O)N(C)C. The molecule has 1 unspecified atom stereocenters. The summed E-state index contributed by atoms with van der Waals surface area (Å²) >= 11 is 0. The first-order chi connectivity index (χ1) is 8.41. The van der Waals surface area contributed by atoms with Crippen LogP contribution >= 0.6 is 0 Å². The first-order valence-electron chi connectivity index (χ1n) is 5.64. The van der Waals surface area contributed by atoms with Crippen LogP contribution in [0.15, 0.2) is 16.7 Å². The van der Waals surface area contributed by atoms with E-state index in [1.165, 1.54) is 12.3 Å². The van der Waals surface area contributed by atoms with Crippen molar-refractivity contribution in [3.8, 4) is 0 Å². The number of hydrogen-bond acceptors (Lipinski definition) is 4. The molecule has 0 bridgehead atoms. The Morgan fingerprint density at radius 3 is 2.72 bits per heavy atom. The summed E-state index contributed by atoms with van der Waals surface area (Å²) in [5.41, 5.74) is 0.281. The molecule has 1 atom stereocenters. The Morgan fingerprint density at radius 1 is 1.50 bits per heavy atom. The van der Waals surface area contributed by atoms with E-state index in [4.69, 9.17) is 9.52 Å². The fourth-order valence-electron chi connectivity index (χ4n) is 1.34. The van der Waals surface area contributed by atoms with E-state index in [0.717, 1.165) is 0 Å². The van der Waals surface area contributed by atoms with E-state index < -0.39 is 5.97 Å². The second kappa shape index (κ2) is 6.20. The van der Waals surface area contributed by atoms with Crippen LogP contribution in [-0.4, -0.2) is 48.6 Å². The van der Waals surface area contributed by atoms with E-state index in [1.807, 2.05) is 25.9 Å². The summed E-state index contributed by atoms with van der Waals surface area (Å²) in [7, 11) is 3.84. The second-order valence-corrected chi connectivity index (χ2v) is 4.35. The zero-order valence-electron chi connectivity index (χ0n) is 10.8. The van der Waals surface area contributed by atoms with Crippen LogP contribution < -0.4 is 5.32 Å². The van der Waals surface area contributed by atoms with Gasteiger partial charge in [-0.05, 0) is 27.1 Å². The van der Waals surface area contributed by atoms with E-state index >= 15 is 0 Å². The smallest absolute Gasteiger partial charge is 0.311 e. The molecule has 0 fully saturated rings. The summed E-state index contributed by atoms with van der Waals surface area (Å²) in [5, 5.41) is 11.4. The number of amides is 1. The van der Waals surface area contributed by atoms with Crippen LogP contribution in [-0.2, 0) is 11.2 Å². The molecule has 0 spiro atoms. The summed E-state index contributed by atoms with van der Waals surface area (Å²) in [6.07, 6.45) is 1.03. The van der Waals surface area contributed by atoms with E-state index in [1.54, 1.807) is 0 Å². The lowest BCUT2D eigenvalue weighted by atomic mass is 10.2. The standard InChI is InChI=1S/C12H18N2O4/c1-8(14(2)3)7-13-12(17)9-4-5-18-10(9)6-11(15)16/h4-5,8H,6-7H2,1-3H3,(H,13,17)(H,15,16). The number of hydrogen-bond donors (Lipinski definition) is 2. The van der Waals surface area contributed by atoms with Crippen LogP contribution in [0.25, 0.3) is 0 Å². The van der Waals surface area contributed by atoms with Crippen molar-refractivity contribution in [1.82, 2.24) is 10.2 Å². The van der Waals surface area contributed by atoms with Crippen LogP contribution in [0.2, 0.25) is 0 Å². The highest BCUT2D eigenvalue weighted by Gasteiger charge is 2.17. The minimum absolute atomic E-state index is 0.178. The lowest BCUT2D eigenvalue weighted by Crippen LogP contribution is -2.38. The number of likely N-dealkylation sites (N-methyl/N-ethyl adjacent to an activating group) is 1. The maximum atomic E-state index is 11.9. The Kier molecular flexibility index (Phi) is 4.91. The summed E-state index contributed by atoms with van der Waals surface area (Å²) in [5.74, 6) is -1.16. The molecule has 0 radical (unpaired) electrons. The molecule has 0 aliphatic carbocycles. The van der Waals surface area contributed by atoms with Gasteiger partial charge >= 0.3 is 5.97 Å². The molecule has 0 saturated heterocycles. The average molecular weight is 254 g/mol.